The Morgan fingerprint density at radius 3 is 2.39 bits per heavy atom. The van der Waals surface area contributed by atoms with E-state index in [1.807, 2.05) is 13.8 Å². The van der Waals surface area contributed by atoms with Crippen LogP contribution in [-0.4, -0.2) is 72.2 Å². The van der Waals surface area contributed by atoms with Crippen LogP contribution in [0, 0.1) is 5.92 Å². The smallest absolute Gasteiger partial charge is 0.249 e. The van der Waals surface area contributed by atoms with Gasteiger partial charge in [-0.15, -0.1) is 0 Å². The number of carbonyl (C=O) groups is 4. The lowest BCUT2D eigenvalue weighted by atomic mass is 9.95. The third-order valence-corrected chi connectivity index (χ3v) is 6.39. The number of carbonyl (C=O) groups excluding carboxylic acids is 4. The van der Waals surface area contributed by atoms with E-state index in [1.165, 1.54) is 6.42 Å². The van der Waals surface area contributed by atoms with Crippen LogP contribution in [-0.2, 0) is 19.2 Å². The Morgan fingerprint density at radius 2 is 1.77 bits per heavy atom. The third kappa shape index (κ3) is 6.80. The van der Waals surface area contributed by atoms with Crippen molar-refractivity contribution in [2.45, 2.75) is 83.8 Å². The fourth-order valence-electron chi connectivity index (χ4n) is 4.55. The summed E-state index contributed by atoms with van der Waals surface area (Å²) in [5, 5.41) is 5.54. The second-order valence-corrected chi connectivity index (χ2v) is 9.09. The van der Waals surface area contributed by atoms with Crippen molar-refractivity contribution in [2.75, 3.05) is 20.1 Å². The number of likely N-dealkylation sites (tertiary alicyclic amines) is 1. The van der Waals surface area contributed by atoms with Crippen LogP contribution in [0.5, 0.6) is 0 Å². The van der Waals surface area contributed by atoms with E-state index in [4.69, 9.17) is 0 Å². The number of amides is 4. The first kappa shape index (κ1) is 24.9. The van der Waals surface area contributed by atoms with Crippen molar-refractivity contribution in [3.05, 3.63) is 11.6 Å². The quantitative estimate of drug-likeness (QED) is 0.425. The van der Waals surface area contributed by atoms with Crippen molar-refractivity contribution < 1.29 is 19.2 Å². The van der Waals surface area contributed by atoms with E-state index in [1.54, 1.807) is 29.8 Å². The van der Waals surface area contributed by atoms with Gasteiger partial charge in [0.1, 0.15) is 6.04 Å². The molecule has 4 amide bonds. The Labute approximate surface area is 185 Å². The van der Waals surface area contributed by atoms with E-state index in [0.29, 0.717) is 24.9 Å². The first-order valence-electron chi connectivity index (χ1n) is 11.5. The van der Waals surface area contributed by atoms with Crippen molar-refractivity contribution in [3.63, 3.8) is 0 Å². The average molecular weight is 435 g/mol. The van der Waals surface area contributed by atoms with Gasteiger partial charge in [-0.2, -0.15) is 0 Å². The summed E-state index contributed by atoms with van der Waals surface area (Å²) in [4.78, 5) is 52.1. The molecule has 0 bridgehead atoms. The molecule has 0 aromatic rings. The summed E-state index contributed by atoms with van der Waals surface area (Å²) >= 11 is 0. The summed E-state index contributed by atoms with van der Waals surface area (Å²) in [6.07, 6.45) is 9.33. The number of hydrogen-bond donors (Lipinski definition) is 2. The minimum Gasteiger partial charge on any atom is -0.352 e. The van der Waals surface area contributed by atoms with Gasteiger partial charge in [-0.25, -0.2) is 0 Å². The van der Waals surface area contributed by atoms with Crippen molar-refractivity contribution in [1.29, 1.82) is 0 Å². The van der Waals surface area contributed by atoms with Crippen LogP contribution in [0.25, 0.3) is 0 Å². The topological polar surface area (TPSA) is 98.8 Å². The fraction of sp³-hybridized carbons (Fsp3) is 0.739. The minimum atomic E-state index is -0.425. The van der Waals surface area contributed by atoms with Crippen molar-refractivity contribution in [3.8, 4) is 0 Å². The van der Waals surface area contributed by atoms with Gasteiger partial charge < -0.3 is 20.4 Å². The maximum absolute atomic E-state index is 13.2. The number of nitrogens with zero attached hydrogens (tertiary/aromatic N) is 2. The number of rotatable bonds is 9. The van der Waals surface area contributed by atoms with Gasteiger partial charge in [-0.1, -0.05) is 39.2 Å². The van der Waals surface area contributed by atoms with Crippen LogP contribution >= 0.6 is 0 Å². The maximum atomic E-state index is 13.2. The molecule has 2 N–H and O–H groups in total. The molecule has 0 spiro atoms. The molecule has 1 saturated carbocycles. The van der Waals surface area contributed by atoms with Gasteiger partial charge in [0.15, 0.2) is 0 Å². The molecule has 0 aromatic carbocycles. The molecule has 8 nitrogen and oxygen atoms in total. The maximum Gasteiger partial charge on any atom is 0.249 e. The molecular formula is C23H38N4O4. The van der Waals surface area contributed by atoms with Crippen molar-refractivity contribution >= 4 is 24.1 Å². The summed E-state index contributed by atoms with van der Waals surface area (Å²) in [5.41, 5.74) is 0.527. The third-order valence-electron chi connectivity index (χ3n) is 6.39. The highest BCUT2D eigenvalue weighted by Crippen LogP contribution is 2.23. The van der Waals surface area contributed by atoms with Gasteiger partial charge in [-0.3, -0.25) is 19.2 Å². The van der Waals surface area contributed by atoms with Crippen LogP contribution in [0.2, 0.25) is 0 Å². The van der Waals surface area contributed by atoms with E-state index < -0.39 is 6.04 Å². The first-order chi connectivity index (χ1) is 14.8. The second kappa shape index (κ2) is 11.9. The Morgan fingerprint density at radius 1 is 1.10 bits per heavy atom. The molecule has 2 rings (SSSR count). The molecule has 2 aliphatic rings. The molecule has 1 aliphatic heterocycles. The Balaban J connectivity index is 2.07. The fourth-order valence-corrected chi connectivity index (χ4v) is 4.55. The highest BCUT2D eigenvalue weighted by Gasteiger charge is 2.35. The Kier molecular flexibility index (Phi) is 9.52. The molecule has 0 aromatic heterocycles. The molecular weight excluding hydrogens is 396 g/mol. The van der Waals surface area contributed by atoms with E-state index in [-0.39, 0.29) is 42.3 Å². The van der Waals surface area contributed by atoms with E-state index in [2.05, 4.69) is 10.6 Å². The Bertz CT molecular complexity index is 685. The number of likely N-dealkylation sites (N-methyl/N-ethyl adjacent to an activating group) is 1. The van der Waals surface area contributed by atoms with E-state index >= 15 is 0 Å². The molecule has 1 saturated heterocycles. The summed E-state index contributed by atoms with van der Waals surface area (Å²) in [5.74, 6) is -0.345. The minimum absolute atomic E-state index is 0.0433. The van der Waals surface area contributed by atoms with Crippen LogP contribution in [0.1, 0.15) is 65.7 Å². The van der Waals surface area contributed by atoms with Crippen molar-refractivity contribution in [1.82, 2.24) is 20.4 Å². The van der Waals surface area contributed by atoms with Gasteiger partial charge in [0.2, 0.25) is 24.1 Å². The van der Waals surface area contributed by atoms with Crippen molar-refractivity contribution in [2.24, 2.45) is 5.92 Å². The van der Waals surface area contributed by atoms with E-state index in [0.717, 1.165) is 32.1 Å². The predicted molar refractivity (Wildman–Crippen MR) is 119 cm³/mol. The van der Waals surface area contributed by atoms with Gasteiger partial charge in [-0.05, 0) is 38.5 Å². The first-order valence-corrected chi connectivity index (χ1v) is 11.5. The lowest BCUT2D eigenvalue weighted by Crippen LogP contribution is -2.49. The van der Waals surface area contributed by atoms with Crippen LogP contribution in [0.4, 0.5) is 0 Å². The summed E-state index contributed by atoms with van der Waals surface area (Å²) in [6, 6.07) is -0.492. The molecule has 0 radical (unpaired) electrons. The average Bonchev–Trinajstić information content (AvgIpc) is 3.25. The standard InChI is InChI=1S/C23H38N4O4/c1-16(2)20(26(4)21(29)14-24-15-28)13-17(3)23(31)27-12-8-11-19(27)22(30)25-18-9-6-5-7-10-18/h13,15-16,18-20H,5-12,14H2,1-4H3,(H,24,28)(H,25,30)/t19-,20+/m0/s1. The van der Waals surface area contributed by atoms with Crippen LogP contribution in [0.15, 0.2) is 11.6 Å². The summed E-state index contributed by atoms with van der Waals surface area (Å²) in [6.45, 7) is 6.18. The molecule has 1 heterocycles. The van der Waals surface area contributed by atoms with Gasteiger partial charge in [0, 0.05) is 25.2 Å². The zero-order chi connectivity index (χ0) is 23.0. The molecule has 2 atom stereocenters. The highest BCUT2D eigenvalue weighted by atomic mass is 16.2. The van der Waals surface area contributed by atoms with Crippen LogP contribution < -0.4 is 10.6 Å². The monoisotopic (exact) mass is 434 g/mol. The lowest BCUT2D eigenvalue weighted by Gasteiger charge is -2.31. The number of hydrogen-bond acceptors (Lipinski definition) is 4. The Hall–Kier alpha value is -2.38. The molecule has 0 unspecified atom stereocenters. The zero-order valence-corrected chi connectivity index (χ0v) is 19.4. The normalized spacial score (nSPS) is 21.0. The second-order valence-electron chi connectivity index (χ2n) is 9.09. The SMILES string of the molecule is CC(=C[C@H](C(C)C)N(C)C(=O)CNC=O)C(=O)N1CCC[C@H]1C(=O)NC1CCCCC1. The summed E-state index contributed by atoms with van der Waals surface area (Å²) < 4.78 is 0. The predicted octanol–water partition coefficient (Wildman–Crippen LogP) is 1.60. The number of nitrogens with one attached hydrogen (secondary N) is 2. The molecule has 1 aliphatic carbocycles. The molecule has 174 valence electrons. The van der Waals surface area contributed by atoms with Gasteiger partial charge in [0.25, 0.3) is 0 Å². The summed E-state index contributed by atoms with van der Waals surface area (Å²) in [7, 11) is 1.67. The zero-order valence-electron chi connectivity index (χ0n) is 19.4. The largest absolute Gasteiger partial charge is 0.352 e. The van der Waals surface area contributed by atoms with E-state index in [9.17, 15) is 19.2 Å². The van der Waals surface area contributed by atoms with Gasteiger partial charge >= 0.3 is 0 Å². The van der Waals surface area contributed by atoms with Gasteiger partial charge in [0.05, 0.1) is 12.6 Å². The molecule has 8 heteroatoms. The lowest BCUT2D eigenvalue weighted by molar-refractivity contribution is -0.136. The highest BCUT2D eigenvalue weighted by molar-refractivity contribution is 5.97. The molecule has 31 heavy (non-hydrogen) atoms. The molecule has 2 fully saturated rings. The van der Waals surface area contributed by atoms with Crippen LogP contribution in [0.3, 0.4) is 0 Å².